The van der Waals surface area contributed by atoms with Crippen LogP contribution in [0.2, 0.25) is 0 Å². The minimum absolute atomic E-state index is 0. The summed E-state index contributed by atoms with van der Waals surface area (Å²) in [5.41, 5.74) is 2.51. The molecule has 1 atom stereocenters. The molecule has 6 nitrogen and oxygen atoms in total. The molecular weight excluding hydrogens is 441 g/mol. The van der Waals surface area contributed by atoms with Crippen LogP contribution in [0.15, 0.2) is 29.3 Å². The molecule has 0 aliphatic carbocycles. The predicted molar refractivity (Wildman–Crippen MR) is 120 cm³/mol. The van der Waals surface area contributed by atoms with Gasteiger partial charge < -0.3 is 20.4 Å². The summed E-state index contributed by atoms with van der Waals surface area (Å²) in [5, 5.41) is 6.79. The molecule has 7 heteroatoms. The standard InChI is InChI=1S/C19H31N5O.HI/c1-5-18(25)24-13-11-16(14-24)22-19(20-2)21-12-10-15-6-8-17(9-7-15)23(3)4;/h6-9,16H,5,10-14H2,1-4H3,(H2,20,21,22);1H. The summed E-state index contributed by atoms with van der Waals surface area (Å²) in [6.45, 7) is 4.33. The SMILES string of the molecule is CCC(=O)N1CCC(NC(=NC)NCCc2ccc(N(C)C)cc2)C1.I. The Hall–Kier alpha value is -1.51. The third-order valence-electron chi connectivity index (χ3n) is 4.57. The van der Waals surface area contributed by atoms with E-state index in [0.717, 1.165) is 38.4 Å². The molecule has 1 amide bonds. The number of halogens is 1. The Bertz CT molecular complexity index is 588. The number of anilines is 1. The van der Waals surface area contributed by atoms with Crippen molar-refractivity contribution in [2.75, 3.05) is 45.7 Å². The lowest BCUT2D eigenvalue weighted by atomic mass is 10.1. The van der Waals surface area contributed by atoms with Gasteiger partial charge in [-0.25, -0.2) is 0 Å². The van der Waals surface area contributed by atoms with Crippen molar-refractivity contribution >= 4 is 41.5 Å². The van der Waals surface area contributed by atoms with E-state index >= 15 is 0 Å². The molecule has 2 rings (SSSR count). The van der Waals surface area contributed by atoms with E-state index in [4.69, 9.17) is 0 Å². The molecule has 1 saturated heterocycles. The van der Waals surface area contributed by atoms with Crippen LogP contribution in [0.1, 0.15) is 25.3 Å². The fourth-order valence-corrected chi connectivity index (χ4v) is 3.00. The second kappa shape index (κ2) is 11.3. The van der Waals surface area contributed by atoms with Gasteiger partial charge in [-0.1, -0.05) is 19.1 Å². The molecule has 0 saturated carbocycles. The Balaban J connectivity index is 0.00000338. The highest BCUT2D eigenvalue weighted by atomic mass is 127. The average molecular weight is 473 g/mol. The molecule has 0 aromatic heterocycles. The molecule has 26 heavy (non-hydrogen) atoms. The van der Waals surface area contributed by atoms with Crippen molar-refractivity contribution in [1.29, 1.82) is 0 Å². The topological polar surface area (TPSA) is 60.0 Å². The van der Waals surface area contributed by atoms with Gasteiger partial charge in [-0.15, -0.1) is 24.0 Å². The van der Waals surface area contributed by atoms with Crippen LogP contribution in [0.3, 0.4) is 0 Å². The first-order valence-corrected chi connectivity index (χ1v) is 9.04. The summed E-state index contributed by atoms with van der Waals surface area (Å²) in [5.74, 6) is 1.04. The lowest BCUT2D eigenvalue weighted by molar-refractivity contribution is -0.129. The number of nitrogens with zero attached hydrogens (tertiary/aromatic N) is 3. The largest absolute Gasteiger partial charge is 0.378 e. The second-order valence-corrected chi connectivity index (χ2v) is 6.63. The molecular formula is C19H32IN5O. The average Bonchev–Trinajstić information content (AvgIpc) is 3.09. The molecule has 0 radical (unpaired) electrons. The highest BCUT2D eigenvalue weighted by molar-refractivity contribution is 14.0. The van der Waals surface area contributed by atoms with Crippen LogP contribution < -0.4 is 15.5 Å². The van der Waals surface area contributed by atoms with Crippen molar-refractivity contribution in [3.63, 3.8) is 0 Å². The Morgan fingerprint density at radius 3 is 2.58 bits per heavy atom. The highest BCUT2D eigenvalue weighted by Gasteiger charge is 2.25. The first kappa shape index (κ1) is 22.5. The first-order valence-electron chi connectivity index (χ1n) is 9.04. The van der Waals surface area contributed by atoms with Gasteiger partial charge in [0, 0.05) is 58.9 Å². The summed E-state index contributed by atoms with van der Waals surface area (Å²) < 4.78 is 0. The number of carbonyl (C=O) groups excluding carboxylic acids is 1. The van der Waals surface area contributed by atoms with Crippen LogP contribution in [0.4, 0.5) is 5.69 Å². The van der Waals surface area contributed by atoms with Gasteiger partial charge in [-0.05, 0) is 30.5 Å². The van der Waals surface area contributed by atoms with Gasteiger partial charge in [0.2, 0.25) is 5.91 Å². The zero-order valence-electron chi connectivity index (χ0n) is 16.3. The van der Waals surface area contributed by atoms with Crippen molar-refractivity contribution in [3.05, 3.63) is 29.8 Å². The summed E-state index contributed by atoms with van der Waals surface area (Å²) in [4.78, 5) is 20.1. The van der Waals surface area contributed by atoms with Crippen molar-refractivity contribution in [3.8, 4) is 0 Å². The van der Waals surface area contributed by atoms with E-state index in [1.54, 1.807) is 7.05 Å². The van der Waals surface area contributed by atoms with E-state index in [0.29, 0.717) is 6.42 Å². The fourth-order valence-electron chi connectivity index (χ4n) is 3.00. The van der Waals surface area contributed by atoms with E-state index in [1.807, 2.05) is 25.9 Å². The maximum Gasteiger partial charge on any atom is 0.222 e. The molecule has 1 aliphatic rings. The normalized spacial score (nSPS) is 16.8. The number of hydrogen-bond acceptors (Lipinski definition) is 3. The van der Waals surface area contributed by atoms with Gasteiger partial charge in [-0.2, -0.15) is 0 Å². The number of likely N-dealkylation sites (tertiary alicyclic amines) is 1. The van der Waals surface area contributed by atoms with Crippen LogP contribution in [0.25, 0.3) is 0 Å². The van der Waals surface area contributed by atoms with Crippen LogP contribution in [-0.2, 0) is 11.2 Å². The Morgan fingerprint density at radius 1 is 1.31 bits per heavy atom. The van der Waals surface area contributed by atoms with E-state index in [9.17, 15) is 4.79 Å². The third kappa shape index (κ3) is 6.66. The van der Waals surface area contributed by atoms with E-state index in [2.05, 4.69) is 44.8 Å². The number of hydrogen-bond donors (Lipinski definition) is 2. The van der Waals surface area contributed by atoms with Gasteiger partial charge >= 0.3 is 0 Å². The fraction of sp³-hybridized carbons (Fsp3) is 0.579. The number of benzene rings is 1. The smallest absolute Gasteiger partial charge is 0.222 e. The minimum atomic E-state index is 0. The van der Waals surface area contributed by atoms with Gasteiger partial charge in [0.1, 0.15) is 0 Å². The number of guanidine groups is 1. The van der Waals surface area contributed by atoms with Crippen LogP contribution in [0.5, 0.6) is 0 Å². The van der Waals surface area contributed by atoms with Crippen LogP contribution >= 0.6 is 24.0 Å². The molecule has 1 fully saturated rings. The van der Waals surface area contributed by atoms with E-state index < -0.39 is 0 Å². The van der Waals surface area contributed by atoms with Gasteiger partial charge in [0.15, 0.2) is 5.96 Å². The van der Waals surface area contributed by atoms with E-state index in [-0.39, 0.29) is 35.9 Å². The Kier molecular flexibility index (Phi) is 9.75. The van der Waals surface area contributed by atoms with Crippen molar-refractivity contribution < 1.29 is 4.79 Å². The number of nitrogens with one attached hydrogen (secondary N) is 2. The second-order valence-electron chi connectivity index (χ2n) is 6.63. The predicted octanol–water partition coefficient (Wildman–Crippen LogP) is 2.09. The van der Waals surface area contributed by atoms with Crippen molar-refractivity contribution in [2.45, 2.75) is 32.2 Å². The molecule has 2 N–H and O–H groups in total. The Labute approximate surface area is 174 Å². The molecule has 1 aromatic rings. The maximum absolute atomic E-state index is 11.8. The number of rotatable bonds is 6. The highest BCUT2D eigenvalue weighted by Crippen LogP contribution is 2.12. The zero-order chi connectivity index (χ0) is 18.2. The van der Waals surface area contributed by atoms with Crippen molar-refractivity contribution in [2.24, 2.45) is 4.99 Å². The first-order chi connectivity index (χ1) is 12.0. The maximum atomic E-state index is 11.8. The van der Waals surface area contributed by atoms with Gasteiger partial charge in [-0.3, -0.25) is 9.79 Å². The number of carbonyl (C=O) groups is 1. The lowest BCUT2D eigenvalue weighted by Gasteiger charge is -2.19. The molecule has 1 aliphatic heterocycles. The molecule has 1 unspecified atom stereocenters. The third-order valence-corrected chi connectivity index (χ3v) is 4.57. The summed E-state index contributed by atoms with van der Waals surface area (Å²) >= 11 is 0. The molecule has 0 spiro atoms. The number of aliphatic imine (C=N–C) groups is 1. The van der Waals surface area contributed by atoms with Crippen LogP contribution in [-0.4, -0.2) is 63.6 Å². The Morgan fingerprint density at radius 2 is 2.00 bits per heavy atom. The van der Waals surface area contributed by atoms with Crippen LogP contribution in [0, 0.1) is 0 Å². The molecule has 146 valence electrons. The molecule has 1 aromatic carbocycles. The summed E-state index contributed by atoms with van der Waals surface area (Å²) in [6.07, 6.45) is 2.49. The number of amides is 1. The minimum Gasteiger partial charge on any atom is -0.378 e. The monoisotopic (exact) mass is 473 g/mol. The summed E-state index contributed by atoms with van der Waals surface area (Å²) in [6, 6.07) is 8.89. The molecule has 1 heterocycles. The lowest BCUT2D eigenvalue weighted by Crippen LogP contribution is -2.45. The van der Waals surface area contributed by atoms with Gasteiger partial charge in [0.05, 0.1) is 0 Å². The quantitative estimate of drug-likeness (QED) is 0.378. The van der Waals surface area contributed by atoms with Crippen molar-refractivity contribution in [1.82, 2.24) is 15.5 Å². The zero-order valence-corrected chi connectivity index (χ0v) is 18.6. The van der Waals surface area contributed by atoms with E-state index in [1.165, 1.54) is 11.3 Å². The summed E-state index contributed by atoms with van der Waals surface area (Å²) in [7, 11) is 5.88. The van der Waals surface area contributed by atoms with Gasteiger partial charge in [0.25, 0.3) is 0 Å². The molecule has 0 bridgehead atoms.